The summed E-state index contributed by atoms with van der Waals surface area (Å²) < 4.78 is 5.66. The quantitative estimate of drug-likeness (QED) is 0.674. The number of ether oxygens (including phenoxy) is 1. The third kappa shape index (κ3) is 6.14. The Hall–Kier alpha value is -2.73. The lowest BCUT2D eigenvalue weighted by atomic mass is 10.2. The van der Waals surface area contributed by atoms with Gasteiger partial charge in [0, 0.05) is 43.9 Å². The van der Waals surface area contributed by atoms with Gasteiger partial charge in [-0.15, -0.1) is 0 Å². The molecule has 2 aromatic carbocycles. The minimum atomic E-state index is -0.203. The van der Waals surface area contributed by atoms with Crippen LogP contribution < -0.4 is 15.0 Å². The first-order valence-corrected chi connectivity index (χ1v) is 11.1. The molecule has 2 amide bonds. The predicted molar refractivity (Wildman–Crippen MR) is 125 cm³/mol. The van der Waals surface area contributed by atoms with Gasteiger partial charge in [-0.25, -0.2) is 0 Å². The summed E-state index contributed by atoms with van der Waals surface area (Å²) in [5, 5.41) is 3.47. The Kier molecular flexibility index (Phi) is 7.80. The van der Waals surface area contributed by atoms with Crippen LogP contribution in [0.1, 0.15) is 37.6 Å². The van der Waals surface area contributed by atoms with Gasteiger partial charge in [0.05, 0.1) is 17.3 Å². The van der Waals surface area contributed by atoms with Gasteiger partial charge in [-0.2, -0.15) is 0 Å². The maximum absolute atomic E-state index is 12.6. The van der Waals surface area contributed by atoms with Crippen molar-refractivity contribution in [3.8, 4) is 5.75 Å². The number of carbonyl (C=O) groups excluding carboxylic acids is 2. The minimum absolute atomic E-state index is 0.184. The molecular formula is C24H30ClN3O3. The highest BCUT2D eigenvalue weighted by Crippen LogP contribution is 2.30. The molecule has 0 bridgehead atoms. The van der Waals surface area contributed by atoms with Crippen molar-refractivity contribution < 1.29 is 14.3 Å². The summed E-state index contributed by atoms with van der Waals surface area (Å²) in [7, 11) is 0. The van der Waals surface area contributed by atoms with Crippen molar-refractivity contribution in [1.82, 2.24) is 4.90 Å². The number of nitrogens with zero attached hydrogens (tertiary/aromatic N) is 2. The fraction of sp³-hybridized carbons (Fsp3) is 0.417. The molecule has 6 nitrogen and oxygen atoms in total. The summed E-state index contributed by atoms with van der Waals surface area (Å²) in [5.74, 6) is 1.17. The molecule has 0 aromatic heterocycles. The Morgan fingerprint density at radius 1 is 1.06 bits per heavy atom. The van der Waals surface area contributed by atoms with Crippen LogP contribution >= 0.6 is 11.6 Å². The molecule has 1 saturated heterocycles. The maximum atomic E-state index is 12.6. The highest BCUT2D eigenvalue weighted by molar-refractivity contribution is 6.33. The van der Waals surface area contributed by atoms with E-state index >= 15 is 0 Å². The van der Waals surface area contributed by atoms with Crippen LogP contribution in [0.4, 0.5) is 11.4 Å². The molecule has 1 fully saturated rings. The summed E-state index contributed by atoms with van der Waals surface area (Å²) >= 11 is 6.51. The molecule has 3 rings (SSSR count). The maximum Gasteiger partial charge on any atom is 0.255 e. The van der Waals surface area contributed by atoms with Crippen molar-refractivity contribution >= 4 is 34.8 Å². The summed E-state index contributed by atoms with van der Waals surface area (Å²) in [6, 6.07) is 12.6. The number of hydrogen-bond acceptors (Lipinski definition) is 4. The van der Waals surface area contributed by atoms with Crippen molar-refractivity contribution in [2.75, 3.05) is 43.0 Å². The molecular weight excluding hydrogens is 414 g/mol. The predicted octanol–water partition coefficient (Wildman–Crippen LogP) is 4.69. The van der Waals surface area contributed by atoms with Gasteiger partial charge in [-0.3, -0.25) is 9.59 Å². The second kappa shape index (κ2) is 10.5. The number of halogens is 1. The number of carbonyl (C=O) groups is 2. The number of benzene rings is 2. The van der Waals surface area contributed by atoms with E-state index in [9.17, 15) is 9.59 Å². The molecule has 0 spiro atoms. The van der Waals surface area contributed by atoms with Gasteiger partial charge < -0.3 is 19.9 Å². The molecule has 0 saturated carbocycles. The molecule has 166 valence electrons. The van der Waals surface area contributed by atoms with Crippen molar-refractivity contribution in [2.45, 2.75) is 27.2 Å². The van der Waals surface area contributed by atoms with Gasteiger partial charge in [0.1, 0.15) is 5.75 Å². The monoisotopic (exact) mass is 443 g/mol. The Labute approximate surface area is 189 Å². The first-order chi connectivity index (χ1) is 14.9. The Bertz CT molecular complexity index is 907. The zero-order valence-corrected chi connectivity index (χ0v) is 19.1. The lowest BCUT2D eigenvalue weighted by Gasteiger charge is -2.36. The molecule has 31 heavy (non-hydrogen) atoms. The number of nitrogens with one attached hydrogen (secondary N) is 1. The second-order valence-corrected chi connectivity index (χ2v) is 8.48. The highest BCUT2D eigenvalue weighted by Gasteiger charge is 2.21. The molecule has 1 heterocycles. The highest BCUT2D eigenvalue weighted by atomic mass is 35.5. The van der Waals surface area contributed by atoms with Crippen LogP contribution in [-0.4, -0.2) is 49.5 Å². The number of anilines is 2. The van der Waals surface area contributed by atoms with E-state index in [4.69, 9.17) is 16.3 Å². The Morgan fingerprint density at radius 2 is 1.74 bits per heavy atom. The summed E-state index contributed by atoms with van der Waals surface area (Å²) in [6.45, 7) is 9.56. The van der Waals surface area contributed by atoms with E-state index in [1.165, 1.54) is 0 Å². The first kappa shape index (κ1) is 22.9. The second-order valence-electron chi connectivity index (χ2n) is 8.07. The van der Waals surface area contributed by atoms with E-state index in [2.05, 4.69) is 24.1 Å². The zero-order valence-electron chi connectivity index (χ0n) is 18.4. The normalized spacial score (nSPS) is 14.0. The van der Waals surface area contributed by atoms with Crippen LogP contribution in [0.3, 0.4) is 0 Å². The fourth-order valence-electron chi connectivity index (χ4n) is 3.43. The van der Waals surface area contributed by atoms with Gasteiger partial charge >= 0.3 is 0 Å². The van der Waals surface area contributed by atoms with Crippen LogP contribution in [0.25, 0.3) is 0 Å². The van der Waals surface area contributed by atoms with Crippen LogP contribution in [0.2, 0.25) is 5.02 Å². The molecule has 1 N–H and O–H groups in total. The van der Waals surface area contributed by atoms with Crippen molar-refractivity contribution in [1.29, 1.82) is 0 Å². The zero-order chi connectivity index (χ0) is 22.4. The van der Waals surface area contributed by atoms with Gasteiger partial charge in [-0.05, 0) is 48.4 Å². The first-order valence-electron chi connectivity index (χ1n) is 10.7. The summed E-state index contributed by atoms with van der Waals surface area (Å²) in [4.78, 5) is 28.5. The van der Waals surface area contributed by atoms with Crippen molar-refractivity contribution in [3.63, 3.8) is 0 Å². The number of amides is 2. The molecule has 7 heteroatoms. The van der Waals surface area contributed by atoms with Gasteiger partial charge in [0.25, 0.3) is 5.91 Å². The van der Waals surface area contributed by atoms with E-state index < -0.39 is 0 Å². The third-order valence-electron chi connectivity index (χ3n) is 5.18. The number of hydrogen-bond donors (Lipinski definition) is 1. The summed E-state index contributed by atoms with van der Waals surface area (Å²) in [6.07, 6.45) is 0.531. The average Bonchev–Trinajstić information content (AvgIpc) is 2.77. The molecule has 0 unspecified atom stereocenters. The molecule has 0 radical (unpaired) electrons. The minimum Gasteiger partial charge on any atom is -0.493 e. The van der Waals surface area contributed by atoms with E-state index in [0.717, 1.165) is 24.5 Å². The van der Waals surface area contributed by atoms with Crippen molar-refractivity contribution in [2.24, 2.45) is 5.92 Å². The van der Waals surface area contributed by atoms with E-state index in [-0.39, 0.29) is 11.8 Å². The van der Waals surface area contributed by atoms with Crippen LogP contribution in [-0.2, 0) is 4.79 Å². The molecule has 0 atom stereocenters. The largest absolute Gasteiger partial charge is 0.493 e. The van der Waals surface area contributed by atoms with Crippen LogP contribution in [0, 0.1) is 5.92 Å². The fourth-order valence-corrected chi connectivity index (χ4v) is 3.73. The van der Waals surface area contributed by atoms with E-state index in [0.29, 0.717) is 48.3 Å². The topological polar surface area (TPSA) is 61.9 Å². The van der Waals surface area contributed by atoms with Crippen molar-refractivity contribution in [3.05, 3.63) is 53.1 Å². The molecule has 1 aliphatic heterocycles. The van der Waals surface area contributed by atoms with Crippen LogP contribution in [0.5, 0.6) is 5.75 Å². The third-order valence-corrected chi connectivity index (χ3v) is 5.48. The average molecular weight is 444 g/mol. The molecule has 1 aliphatic rings. The Morgan fingerprint density at radius 3 is 2.32 bits per heavy atom. The summed E-state index contributed by atoms with van der Waals surface area (Å²) in [5.41, 5.74) is 2.10. The lowest BCUT2D eigenvalue weighted by Crippen LogP contribution is -2.48. The number of rotatable bonds is 7. The number of piperazine rings is 1. The molecule has 2 aromatic rings. The van der Waals surface area contributed by atoms with Gasteiger partial charge in [-0.1, -0.05) is 32.4 Å². The Balaban J connectivity index is 1.59. The molecule has 0 aliphatic carbocycles. The lowest BCUT2D eigenvalue weighted by molar-refractivity contribution is -0.131. The SMILES string of the molecule is CCC(=O)N1CCN(c2ccc(NC(=O)c3ccc(OCC(C)C)cc3)cc2Cl)CC1. The van der Waals surface area contributed by atoms with E-state index in [1.807, 2.05) is 24.0 Å². The van der Waals surface area contributed by atoms with Gasteiger partial charge in [0.15, 0.2) is 0 Å². The van der Waals surface area contributed by atoms with E-state index in [1.54, 1.807) is 30.3 Å². The van der Waals surface area contributed by atoms with Gasteiger partial charge in [0.2, 0.25) is 5.91 Å². The smallest absolute Gasteiger partial charge is 0.255 e. The standard InChI is InChI=1S/C24H30ClN3O3/c1-4-23(29)28-13-11-27(12-14-28)22-10-7-19(15-21(22)25)26-24(30)18-5-8-20(9-6-18)31-16-17(2)3/h5-10,15,17H,4,11-14,16H2,1-3H3,(H,26,30). The van der Waals surface area contributed by atoms with Crippen LogP contribution in [0.15, 0.2) is 42.5 Å².